The Morgan fingerprint density at radius 3 is 2.64 bits per heavy atom. The third-order valence-electron chi connectivity index (χ3n) is 2.80. The third-order valence-corrected chi connectivity index (χ3v) is 3.03. The van der Waals surface area contributed by atoms with E-state index in [4.69, 9.17) is 26.9 Å². The van der Waals surface area contributed by atoms with Gasteiger partial charge in [-0.3, -0.25) is 0 Å². The highest BCUT2D eigenvalue weighted by atomic mass is 35.5. The number of hydrogen-bond donors (Lipinski definition) is 0. The molecule has 3 nitrogen and oxygen atoms in total. The lowest BCUT2D eigenvalue weighted by Gasteiger charge is -2.10. The van der Waals surface area contributed by atoms with E-state index in [9.17, 15) is 4.39 Å². The van der Waals surface area contributed by atoms with E-state index in [1.807, 2.05) is 6.07 Å². The Labute approximate surface area is 132 Å². The van der Waals surface area contributed by atoms with Crippen molar-refractivity contribution in [3.8, 4) is 17.9 Å². The zero-order valence-corrected chi connectivity index (χ0v) is 12.1. The van der Waals surface area contributed by atoms with Crippen molar-refractivity contribution < 1.29 is 9.13 Å². The van der Waals surface area contributed by atoms with Crippen molar-refractivity contribution >= 4 is 17.7 Å². The Morgan fingerprint density at radius 2 is 1.95 bits per heavy atom. The minimum atomic E-state index is -0.464. The SMILES string of the molecule is N#CC(C#N)=Cc1ccc(F)cc1OCc1cccc(Cl)c1. The molecule has 2 aromatic carbocycles. The van der Waals surface area contributed by atoms with Gasteiger partial charge in [0.1, 0.15) is 35.9 Å². The van der Waals surface area contributed by atoms with Gasteiger partial charge >= 0.3 is 0 Å². The second-order valence-electron chi connectivity index (χ2n) is 4.38. The van der Waals surface area contributed by atoms with Gasteiger partial charge in [0.05, 0.1) is 0 Å². The molecule has 0 radical (unpaired) electrons. The van der Waals surface area contributed by atoms with Crippen LogP contribution in [0.3, 0.4) is 0 Å². The summed E-state index contributed by atoms with van der Waals surface area (Å²) in [6, 6.07) is 14.5. The highest BCUT2D eigenvalue weighted by Gasteiger charge is 2.06. The van der Waals surface area contributed by atoms with Crippen LogP contribution in [-0.4, -0.2) is 0 Å². The molecule has 2 aromatic rings. The third kappa shape index (κ3) is 4.09. The number of benzene rings is 2. The van der Waals surface area contributed by atoms with Gasteiger partial charge in [0.25, 0.3) is 0 Å². The van der Waals surface area contributed by atoms with Gasteiger partial charge in [0, 0.05) is 16.7 Å². The van der Waals surface area contributed by atoms with Gasteiger partial charge in [-0.1, -0.05) is 23.7 Å². The molecule has 22 heavy (non-hydrogen) atoms. The Kier molecular flexibility index (Phi) is 5.14. The lowest BCUT2D eigenvalue weighted by Crippen LogP contribution is -1.98. The molecule has 0 fully saturated rings. The molecule has 0 aliphatic carbocycles. The fourth-order valence-corrected chi connectivity index (χ4v) is 2.00. The zero-order valence-electron chi connectivity index (χ0n) is 11.4. The molecule has 0 unspecified atom stereocenters. The van der Waals surface area contributed by atoms with Crippen LogP contribution in [0.1, 0.15) is 11.1 Å². The molecule has 0 aliphatic heterocycles. The summed E-state index contributed by atoms with van der Waals surface area (Å²) in [6.45, 7) is 0.194. The van der Waals surface area contributed by atoms with Gasteiger partial charge in [-0.15, -0.1) is 0 Å². The van der Waals surface area contributed by atoms with E-state index in [1.165, 1.54) is 24.3 Å². The van der Waals surface area contributed by atoms with E-state index in [2.05, 4.69) is 0 Å². The fourth-order valence-electron chi connectivity index (χ4n) is 1.79. The van der Waals surface area contributed by atoms with Crippen molar-refractivity contribution in [3.63, 3.8) is 0 Å². The van der Waals surface area contributed by atoms with Crippen LogP contribution in [0.2, 0.25) is 5.02 Å². The molecule has 0 heterocycles. The number of hydrogen-bond acceptors (Lipinski definition) is 3. The molecule has 2 rings (SSSR count). The van der Waals surface area contributed by atoms with Crippen molar-refractivity contribution in [3.05, 3.63) is 70.0 Å². The van der Waals surface area contributed by atoms with E-state index in [1.54, 1.807) is 30.3 Å². The first-order valence-corrected chi connectivity index (χ1v) is 6.69. The molecular weight excluding hydrogens is 303 g/mol. The van der Waals surface area contributed by atoms with Gasteiger partial charge < -0.3 is 4.74 Å². The molecule has 0 saturated heterocycles. The molecule has 0 spiro atoms. The summed E-state index contributed by atoms with van der Waals surface area (Å²) in [4.78, 5) is 0. The van der Waals surface area contributed by atoms with E-state index in [0.717, 1.165) is 5.56 Å². The Morgan fingerprint density at radius 1 is 1.18 bits per heavy atom. The van der Waals surface area contributed by atoms with Crippen LogP contribution in [0.15, 0.2) is 48.0 Å². The molecule has 0 aromatic heterocycles. The average Bonchev–Trinajstić information content (AvgIpc) is 2.52. The molecule has 0 amide bonds. The predicted octanol–water partition coefficient (Wildman–Crippen LogP) is 4.49. The number of rotatable bonds is 4. The smallest absolute Gasteiger partial charge is 0.130 e. The minimum Gasteiger partial charge on any atom is -0.488 e. The highest BCUT2D eigenvalue weighted by Crippen LogP contribution is 2.24. The number of allylic oxidation sites excluding steroid dienone is 1. The molecule has 0 saturated carbocycles. The van der Waals surface area contributed by atoms with Gasteiger partial charge in [-0.2, -0.15) is 10.5 Å². The lowest BCUT2D eigenvalue weighted by molar-refractivity contribution is 0.304. The Balaban J connectivity index is 2.27. The summed E-state index contributed by atoms with van der Waals surface area (Å²) in [7, 11) is 0. The molecule has 0 N–H and O–H groups in total. The summed E-state index contributed by atoms with van der Waals surface area (Å²) < 4.78 is 19.0. The summed E-state index contributed by atoms with van der Waals surface area (Å²) in [5.41, 5.74) is 1.20. The predicted molar refractivity (Wildman–Crippen MR) is 81.4 cm³/mol. The van der Waals surface area contributed by atoms with Crippen LogP contribution in [0.4, 0.5) is 4.39 Å². The molecule has 0 atom stereocenters. The summed E-state index contributed by atoms with van der Waals surface area (Å²) in [6.07, 6.45) is 1.35. The topological polar surface area (TPSA) is 56.8 Å². The molecule has 5 heteroatoms. The average molecular weight is 313 g/mol. The lowest BCUT2D eigenvalue weighted by atomic mass is 10.1. The van der Waals surface area contributed by atoms with Crippen LogP contribution in [0.5, 0.6) is 5.75 Å². The van der Waals surface area contributed by atoms with E-state index in [0.29, 0.717) is 10.6 Å². The fraction of sp³-hybridized carbons (Fsp3) is 0.0588. The maximum Gasteiger partial charge on any atom is 0.130 e. The molecule has 108 valence electrons. The maximum atomic E-state index is 13.4. The van der Waals surface area contributed by atoms with Gasteiger partial charge in [-0.25, -0.2) is 4.39 Å². The summed E-state index contributed by atoms with van der Waals surface area (Å²) in [5.74, 6) is -0.211. The number of ether oxygens (including phenoxy) is 1. The first kappa shape index (κ1) is 15.6. The van der Waals surface area contributed by atoms with Crippen LogP contribution in [0.25, 0.3) is 6.08 Å². The first-order valence-electron chi connectivity index (χ1n) is 6.31. The Bertz CT molecular complexity index is 787. The zero-order chi connectivity index (χ0) is 15.9. The second-order valence-corrected chi connectivity index (χ2v) is 4.82. The van der Waals surface area contributed by atoms with Crippen molar-refractivity contribution in [1.82, 2.24) is 0 Å². The van der Waals surface area contributed by atoms with Gasteiger partial charge in [-0.05, 0) is 35.9 Å². The largest absolute Gasteiger partial charge is 0.488 e. The van der Waals surface area contributed by atoms with Crippen LogP contribution < -0.4 is 4.74 Å². The number of nitrogens with zero attached hydrogens (tertiary/aromatic N) is 2. The summed E-state index contributed by atoms with van der Waals surface area (Å²) >= 11 is 5.89. The highest BCUT2D eigenvalue weighted by molar-refractivity contribution is 6.30. The van der Waals surface area contributed by atoms with Crippen molar-refractivity contribution in [2.75, 3.05) is 0 Å². The van der Waals surface area contributed by atoms with Gasteiger partial charge in [0.2, 0.25) is 0 Å². The molecule has 0 aliphatic rings. The van der Waals surface area contributed by atoms with Crippen LogP contribution in [0, 0.1) is 28.5 Å². The van der Waals surface area contributed by atoms with E-state index < -0.39 is 5.82 Å². The number of halogens is 2. The standard InChI is InChI=1S/C17H10ClFN2O/c18-15-3-1-2-12(7-15)11-22-17-8-16(19)5-4-14(17)6-13(9-20)10-21/h1-8H,11H2. The monoisotopic (exact) mass is 312 g/mol. The van der Waals surface area contributed by atoms with E-state index >= 15 is 0 Å². The second kappa shape index (κ2) is 7.26. The Hall–Kier alpha value is -2.82. The minimum absolute atomic E-state index is 0.0841. The van der Waals surface area contributed by atoms with Crippen LogP contribution in [-0.2, 0) is 6.61 Å². The number of nitriles is 2. The molecule has 0 bridgehead atoms. The quantitative estimate of drug-likeness (QED) is 0.782. The summed E-state index contributed by atoms with van der Waals surface area (Å²) in [5, 5.41) is 18.2. The maximum absolute atomic E-state index is 13.4. The van der Waals surface area contributed by atoms with Crippen molar-refractivity contribution in [2.45, 2.75) is 6.61 Å². The van der Waals surface area contributed by atoms with Crippen molar-refractivity contribution in [1.29, 1.82) is 10.5 Å². The van der Waals surface area contributed by atoms with Gasteiger partial charge in [0.15, 0.2) is 0 Å². The van der Waals surface area contributed by atoms with E-state index in [-0.39, 0.29) is 17.9 Å². The first-order chi connectivity index (χ1) is 10.6. The van der Waals surface area contributed by atoms with Crippen LogP contribution >= 0.6 is 11.6 Å². The normalized spacial score (nSPS) is 9.45. The molecular formula is C17H10ClFN2O. The van der Waals surface area contributed by atoms with Crippen molar-refractivity contribution in [2.24, 2.45) is 0 Å².